The Morgan fingerprint density at radius 1 is 0.783 bits per heavy atom. The summed E-state index contributed by atoms with van der Waals surface area (Å²) in [5.74, 6) is -4.95. The maximum Gasteiger partial charge on any atom is 0.455 e. The minimum atomic E-state index is -5.68. The van der Waals surface area contributed by atoms with Gasteiger partial charge in [-0.05, 0) is 0 Å². The van der Waals surface area contributed by atoms with Gasteiger partial charge in [0.2, 0.25) is 0 Å². The molecule has 0 saturated carbocycles. The Morgan fingerprint density at radius 2 is 1.17 bits per heavy atom. The monoisotopic (exact) mass is 416 g/mol. The highest BCUT2D eigenvalue weighted by Crippen LogP contribution is 2.35. The zero-order valence-electron chi connectivity index (χ0n) is 12.9. The molecule has 0 aromatic rings. The van der Waals surface area contributed by atoms with Crippen molar-refractivity contribution < 1.29 is 41.6 Å². The van der Waals surface area contributed by atoms with Crippen molar-refractivity contribution in [1.82, 2.24) is 0 Å². The van der Waals surface area contributed by atoms with Crippen LogP contribution < -0.4 is 0 Å². The van der Waals surface area contributed by atoms with E-state index in [1.807, 2.05) is 0 Å². The minimum Gasteiger partial charge on any atom is -0.396 e. The fraction of sp³-hybridized carbons (Fsp3) is 1.00. The molecule has 2 atom stereocenters. The van der Waals surface area contributed by atoms with E-state index in [4.69, 9.17) is 4.74 Å². The molecule has 0 fully saturated rings. The summed E-state index contributed by atoms with van der Waals surface area (Å²) in [5, 5.41) is 18.9. The van der Waals surface area contributed by atoms with Crippen LogP contribution in [0.2, 0.25) is 0 Å². The van der Waals surface area contributed by atoms with Crippen LogP contribution in [0.25, 0.3) is 0 Å². The highest BCUT2D eigenvalue weighted by Gasteiger charge is 2.57. The lowest BCUT2D eigenvalue weighted by Crippen LogP contribution is -2.43. The highest BCUT2D eigenvalue weighted by molar-refractivity contribution is 9.09. The van der Waals surface area contributed by atoms with Crippen LogP contribution in [0.4, 0.5) is 22.0 Å². The number of hydrogen-bond donors (Lipinski definition) is 2. The lowest BCUT2D eigenvalue weighted by atomic mass is 9.93. The zero-order chi connectivity index (χ0) is 18.4. The molecule has 0 aliphatic carbocycles. The third-order valence-electron chi connectivity index (χ3n) is 3.14. The van der Waals surface area contributed by atoms with Crippen LogP contribution >= 0.6 is 15.9 Å². The van der Waals surface area contributed by atoms with E-state index in [1.54, 1.807) is 6.92 Å². The van der Waals surface area contributed by atoms with Crippen molar-refractivity contribution in [3.8, 4) is 0 Å². The second-order valence-corrected chi connectivity index (χ2v) is 6.82. The Kier molecular flexibility index (Phi) is 8.88. The molecule has 0 aromatic heterocycles. The summed E-state index contributed by atoms with van der Waals surface area (Å²) in [4.78, 5) is 0. The van der Waals surface area contributed by atoms with Gasteiger partial charge < -0.3 is 19.7 Å². The lowest BCUT2D eigenvalue weighted by molar-refractivity contribution is -0.298. The molecule has 0 rings (SSSR count). The fourth-order valence-corrected chi connectivity index (χ4v) is 1.65. The smallest absolute Gasteiger partial charge is 0.396 e. The zero-order valence-corrected chi connectivity index (χ0v) is 14.5. The normalized spacial score (nSPS) is 18.5. The summed E-state index contributed by atoms with van der Waals surface area (Å²) in [6.45, 7) is 0.132. The lowest BCUT2D eigenvalue weighted by Gasteiger charge is -2.31. The van der Waals surface area contributed by atoms with E-state index in [0.29, 0.717) is 5.33 Å². The molecule has 0 amide bonds. The van der Waals surface area contributed by atoms with E-state index >= 15 is 0 Å². The first-order chi connectivity index (χ1) is 10.3. The molecule has 0 saturated heterocycles. The Bertz CT molecular complexity index is 350. The van der Waals surface area contributed by atoms with Gasteiger partial charge in [-0.2, -0.15) is 22.0 Å². The van der Waals surface area contributed by atoms with Crippen molar-refractivity contribution in [3.05, 3.63) is 0 Å². The van der Waals surface area contributed by atoms with Gasteiger partial charge in [0.1, 0.15) is 6.61 Å². The molecule has 23 heavy (non-hydrogen) atoms. The second kappa shape index (κ2) is 8.89. The molecule has 140 valence electrons. The number of ether oxygens (including phenoxy) is 2. The molecule has 0 heterocycles. The summed E-state index contributed by atoms with van der Waals surface area (Å²) in [6, 6.07) is 0. The quantitative estimate of drug-likeness (QED) is 0.401. The molecular formula is C13H22BrF5O4. The van der Waals surface area contributed by atoms with Gasteiger partial charge in [0.25, 0.3) is 0 Å². The average molecular weight is 417 g/mol. The van der Waals surface area contributed by atoms with Crippen molar-refractivity contribution in [1.29, 1.82) is 0 Å². The number of aliphatic hydroxyl groups is 2. The van der Waals surface area contributed by atoms with Crippen molar-refractivity contribution in [2.24, 2.45) is 10.8 Å². The maximum absolute atomic E-state index is 12.7. The first-order valence-electron chi connectivity index (χ1n) is 6.72. The van der Waals surface area contributed by atoms with Crippen molar-refractivity contribution in [2.75, 3.05) is 45.0 Å². The minimum absolute atomic E-state index is 0.114. The molecule has 0 spiro atoms. The fourth-order valence-electron chi connectivity index (χ4n) is 1.31. The molecule has 0 aromatic carbocycles. The van der Waals surface area contributed by atoms with E-state index in [9.17, 15) is 32.2 Å². The summed E-state index contributed by atoms with van der Waals surface area (Å²) in [6.07, 6.45) is -5.68. The largest absolute Gasteiger partial charge is 0.455 e. The molecule has 4 nitrogen and oxygen atoms in total. The van der Waals surface area contributed by atoms with Gasteiger partial charge in [0.15, 0.2) is 0 Å². The van der Waals surface area contributed by atoms with Gasteiger partial charge >= 0.3 is 12.1 Å². The molecule has 2 N–H and O–H groups in total. The third-order valence-corrected chi connectivity index (χ3v) is 4.49. The predicted molar refractivity (Wildman–Crippen MR) is 76.8 cm³/mol. The molecule has 10 heteroatoms. The summed E-state index contributed by atoms with van der Waals surface area (Å²) >= 11 is 3.21. The van der Waals surface area contributed by atoms with Crippen LogP contribution in [0.15, 0.2) is 0 Å². The molecule has 0 aliphatic rings. The van der Waals surface area contributed by atoms with E-state index in [1.165, 1.54) is 6.92 Å². The van der Waals surface area contributed by atoms with Gasteiger partial charge in [-0.3, -0.25) is 0 Å². The standard InChI is InChI=1S/C13H22BrF5O4/c1-10(3-14,4-20)6-22-7-11(2,5-21)8-23-9-12(15,16)13(17,18)19/h20-21H,3-9H2,1-2H3. The van der Waals surface area contributed by atoms with Gasteiger partial charge in [-0.15, -0.1) is 0 Å². The van der Waals surface area contributed by atoms with E-state index < -0.39 is 42.7 Å². The van der Waals surface area contributed by atoms with Crippen molar-refractivity contribution in [2.45, 2.75) is 25.9 Å². The Labute approximate surface area is 140 Å². The molecule has 0 aliphatic heterocycles. The average Bonchev–Trinajstić information content (AvgIpc) is 2.45. The van der Waals surface area contributed by atoms with Gasteiger partial charge in [0, 0.05) is 16.2 Å². The van der Waals surface area contributed by atoms with Crippen LogP contribution in [-0.2, 0) is 9.47 Å². The molecular weight excluding hydrogens is 395 g/mol. The number of hydrogen-bond acceptors (Lipinski definition) is 4. The summed E-state index contributed by atoms with van der Waals surface area (Å²) in [7, 11) is 0. The van der Waals surface area contributed by atoms with E-state index in [0.717, 1.165) is 0 Å². The topological polar surface area (TPSA) is 58.9 Å². The van der Waals surface area contributed by atoms with Gasteiger partial charge in [-0.25, -0.2) is 0 Å². The first kappa shape index (κ1) is 23.0. The third kappa shape index (κ3) is 7.59. The van der Waals surface area contributed by atoms with Crippen LogP contribution in [0.1, 0.15) is 13.8 Å². The van der Waals surface area contributed by atoms with Crippen LogP contribution in [0, 0.1) is 10.8 Å². The Morgan fingerprint density at radius 3 is 1.52 bits per heavy atom. The predicted octanol–water partition coefficient (Wildman–Crippen LogP) is 2.61. The van der Waals surface area contributed by atoms with Crippen LogP contribution in [0.3, 0.4) is 0 Å². The Balaban J connectivity index is 4.41. The van der Waals surface area contributed by atoms with Gasteiger partial charge in [0.05, 0.1) is 33.0 Å². The summed E-state index contributed by atoms with van der Waals surface area (Å²) < 4.78 is 71.3. The number of rotatable bonds is 11. The highest BCUT2D eigenvalue weighted by atomic mass is 79.9. The summed E-state index contributed by atoms with van der Waals surface area (Å²) in [5.41, 5.74) is -1.70. The van der Waals surface area contributed by atoms with Crippen molar-refractivity contribution >= 4 is 15.9 Å². The number of alkyl halides is 6. The second-order valence-electron chi connectivity index (χ2n) is 6.26. The number of halogens is 6. The van der Waals surface area contributed by atoms with E-state index in [-0.39, 0.29) is 19.8 Å². The van der Waals surface area contributed by atoms with Crippen LogP contribution in [0.5, 0.6) is 0 Å². The maximum atomic E-state index is 12.7. The van der Waals surface area contributed by atoms with Gasteiger partial charge in [-0.1, -0.05) is 29.8 Å². The molecule has 0 radical (unpaired) electrons. The number of aliphatic hydroxyl groups excluding tert-OH is 2. The van der Waals surface area contributed by atoms with Crippen LogP contribution in [-0.4, -0.2) is 67.3 Å². The Hall–Kier alpha value is -0.0300. The van der Waals surface area contributed by atoms with Crippen molar-refractivity contribution in [3.63, 3.8) is 0 Å². The van der Waals surface area contributed by atoms with E-state index in [2.05, 4.69) is 20.7 Å². The molecule has 2 unspecified atom stereocenters. The SMILES string of the molecule is CC(CO)(CBr)COCC(C)(CO)COCC(F)(F)C(F)(F)F. The first-order valence-corrected chi connectivity index (χ1v) is 7.85. The molecule has 0 bridgehead atoms.